The number of nitrogens with zero attached hydrogens (tertiary/aromatic N) is 2. The second-order valence-corrected chi connectivity index (χ2v) is 5.81. The summed E-state index contributed by atoms with van der Waals surface area (Å²) >= 11 is 3.72. The van der Waals surface area contributed by atoms with Crippen LogP contribution in [0.4, 0.5) is 0 Å². The van der Waals surface area contributed by atoms with Crippen molar-refractivity contribution in [3.63, 3.8) is 0 Å². The third-order valence-electron chi connectivity index (χ3n) is 3.12. The molecule has 0 bridgehead atoms. The first kappa shape index (κ1) is 12.1. The Bertz CT molecular complexity index is 365. The van der Waals surface area contributed by atoms with Crippen molar-refractivity contribution in [2.45, 2.75) is 39.2 Å². The molecule has 1 aromatic heterocycles. The SMILES string of the molecule is CC(C)Cc1c(Br)c(C2CCCN2)nn1C. The van der Waals surface area contributed by atoms with E-state index in [2.05, 4.69) is 40.2 Å². The molecule has 0 aliphatic carbocycles. The van der Waals surface area contributed by atoms with E-state index in [9.17, 15) is 0 Å². The first-order valence-corrected chi connectivity index (χ1v) is 6.83. The minimum atomic E-state index is 0.446. The predicted octanol–water partition coefficient (Wildman–Crippen LogP) is 2.81. The van der Waals surface area contributed by atoms with Crippen LogP contribution in [0.5, 0.6) is 0 Å². The van der Waals surface area contributed by atoms with Crippen LogP contribution in [0, 0.1) is 5.92 Å². The molecule has 1 saturated heterocycles. The number of halogens is 1. The molecule has 0 aromatic carbocycles. The topological polar surface area (TPSA) is 29.9 Å². The molecule has 1 aromatic rings. The Labute approximate surface area is 106 Å². The van der Waals surface area contributed by atoms with Crippen LogP contribution < -0.4 is 5.32 Å². The first-order valence-electron chi connectivity index (χ1n) is 6.04. The molecule has 2 rings (SSSR count). The lowest BCUT2D eigenvalue weighted by Crippen LogP contribution is -2.14. The highest BCUT2D eigenvalue weighted by Crippen LogP contribution is 2.31. The van der Waals surface area contributed by atoms with Crippen molar-refractivity contribution >= 4 is 15.9 Å². The lowest BCUT2D eigenvalue weighted by atomic mass is 10.1. The zero-order chi connectivity index (χ0) is 11.7. The molecule has 3 nitrogen and oxygen atoms in total. The fourth-order valence-electron chi connectivity index (χ4n) is 2.30. The van der Waals surface area contributed by atoms with Crippen LogP contribution in [0.1, 0.15) is 44.1 Å². The predicted molar refractivity (Wildman–Crippen MR) is 69.4 cm³/mol. The molecular weight excluding hydrogens is 266 g/mol. The van der Waals surface area contributed by atoms with Crippen molar-refractivity contribution in [3.8, 4) is 0 Å². The smallest absolute Gasteiger partial charge is 0.0938 e. The summed E-state index contributed by atoms with van der Waals surface area (Å²) in [6, 6.07) is 0.446. The summed E-state index contributed by atoms with van der Waals surface area (Å²) in [5.41, 5.74) is 2.51. The molecule has 1 unspecified atom stereocenters. The van der Waals surface area contributed by atoms with Crippen molar-refractivity contribution < 1.29 is 0 Å². The molecule has 1 fully saturated rings. The third-order valence-corrected chi connectivity index (χ3v) is 3.98. The van der Waals surface area contributed by atoms with Gasteiger partial charge in [0.05, 0.1) is 21.9 Å². The van der Waals surface area contributed by atoms with Crippen LogP contribution in [0.25, 0.3) is 0 Å². The van der Waals surface area contributed by atoms with Gasteiger partial charge in [0.25, 0.3) is 0 Å². The molecular formula is C12H20BrN3. The van der Waals surface area contributed by atoms with Crippen molar-refractivity contribution in [1.82, 2.24) is 15.1 Å². The number of hydrogen-bond acceptors (Lipinski definition) is 2. The maximum atomic E-state index is 4.65. The molecule has 1 N–H and O–H groups in total. The molecule has 16 heavy (non-hydrogen) atoms. The number of aryl methyl sites for hydroxylation is 1. The minimum Gasteiger partial charge on any atom is -0.309 e. The minimum absolute atomic E-state index is 0.446. The second kappa shape index (κ2) is 4.88. The lowest BCUT2D eigenvalue weighted by molar-refractivity contribution is 0.580. The maximum absolute atomic E-state index is 4.65. The van der Waals surface area contributed by atoms with Crippen LogP contribution in [-0.2, 0) is 13.5 Å². The fourth-order valence-corrected chi connectivity index (χ4v) is 3.08. The van der Waals surface area contributed by atoms with E-state index in [4.69, 9.17) is 0 Å². The summed E-state index contributed by atoms with van der Waals surface area (Å²) in [7, 11) is 2.04. The Balaban J connectivity index is 2.26. The van der Waals surface area contributed by atoms with Crippen LogP contribution >= 0.6 is 15.9 Å². The van der Waals surface area contributed by atoms with Crippen molar-refractivity contribution in [1.29, 1.82) is 0 Å². The average Bonchev–Trinajstić information content (AvgIpc) is 2.80. The molecule has 0 amide bonds. The monoisotopic (exact) mass is 285 g/mol. The standard InChI is InChI=1S/C12H20BrN3/c1-8(2)7-10-11(13)12(15-16(10)3)9-5-4-6-14-9/h8-9,14H,4-7H2,1-3H3. The van der Waals surface area contributed by atoms with Crippen LogP contribution in [0.2, 0.25) is 0 Å². The summed E-state index contributed by atoms with van der Waals surface area (Å²) in [6.07, 6.45) is 3.54. The number of rotatable bonds is 3. The van der Waals surface area contributed by atoms with E-state index < -0.39 is 0 Å². The molecule has 1 atom stereocenters. The van der Waals surface area contributed by atoms with Gasteiger partial charge in [-0.05, 0) is 47.7 Å². The van der Waals surface area contributed by atoms with Gasteiger partial charge in [-0.25, -0.2) is 0 Å². The van der Waals surface area contributed by atoms with Gasteiger partial charge in [0, 0.05) is 7.05 Å². The zero-order valence-corrected chi connectivity index (χ0v) is 11.8. The Morgan fingerprint density at radius 3 is 2.88 bits per heavy atom. The van der Waals surface area contributed by atoms with E-state index in [1.165, 1.54) is 28.7 Å². The molecule has 1 aliphatic heterocycles. The summed E-state index contributed by atoms with van der Waals surface area (Å²) in [5, 5.41) is 8.15. The first-order chi connectivity index (χ1) is 7.59. The quantitative estimate of drug-likeness (QED) is 0.926. The van der Waals surface area contributed by atoms with Crippen molar-refractivity contribution in [2.24, 2.45) is 13.0 Å². The van der Waals surface area contributed by atoms with Crippen LogP contribution in [-0.4, -0.2) is 16.3 Å². The summed E-state index contributed by atoms with van der Waals surface area (Å²) in [5.74, 6) is 0.663. The van der Waals surface area contributed by atoms with Crippen LogP contribution in [0.15, 0.2) is 4.47 Å². The van der Waals surface area contributed by atoms with E-state index in [1.54, 1.807) is 0 Å². The highest BCUT2D eigenvalue weighted by Gasteiger charge is 2.24. The van der Waals surface area contributed by atoms with E-state index in [0.717, 1.165) is 13.0 Å². The van der Waals surface area contributed by atoms with Gasteiger partial charge in [0.2, 0.25) is 0 Å². The fraction of sp³-hybridized carbons (Fsp3) is 0.750. The Kier molecular flexibility index (Phi) is 3.70. The van der Waals surface area contributed by atoms with Gasteiger partial charge in [-0.15, -0.1) is 0 Å². The van der Waals surface area contributed by atoms with Crippen molar-refractivity contribution in [2.75, 3.05) is 6.54 Å². The Hall–Kier alpha value is -0.350. The Morgan fingerprint density at radius 2 is 2.31 bits per heavy atom. The third kappa shape index (κ3) is 2.33. The molecule has 2 heterocycles. The van der Waals surface area contributed by atoms with Gasteiger partial charge in [-0.3, -0.25) is 4.68 Å². The molecule has 90 valence electrons. The molecule has 4 heteroatoms. The summed E-state index contributed by atoms with van der Waals surface area (Å²) in [4.78, 5) is 0. The highest BCUT2D eigenvalue weighted by atomic mass is 79.9. The van der Waals surface area contributed by atoms with Crippen LogP contribution in [0.3, 0.4) is 0 Å². The maximum Gasteiger partial charge on any atom is 0.0938 e. The van der Waals surface area contributed by atoms with Gasteiger partial charge in [0.1, 0.15) is 0 Å². The number of aromatic nitrogens is 2. The van der Waals surface area contributed by atoms with E-state index >= 15 is 0 Å². The molecule has 0 saturated carbocycles. The lowest BCUT2D eigenvalue weighted by Gasteiger charge is -2.07. The largest absolute Gasteiger partial charge is 0.309 e. The average molecular weight is 286 g/mol. The Morgan fingerprint density at radius 1 is 1.56 bits per heavy atom. The summed E-state index contributed by atoms with van der Waals surface area (Å²) < 4.78 is 3.24. The second-order valence-electron chi connectivity index (χ2n) is 5.02. The van der Waals surface area contributed by atoms with Gasteiger partial charge in [-0.1, -0.05) is 13.8 Å². The number of hydrogen-bond donors (Lipinski definition) is 1. The van der Waals surface area contributed by atoms with E-state index in [1.807, 2.05) is 11.7 Å². The number of nitrogens with one attached hydrogen (secondary N) is 1. The molecule has 0 spiro atoms. The van der Waals surface area contributed by atoms with E-state index in [-0.39, 0.29) is 0 Å². The highest BCUT2D eigenvalue weighted by molar-refractivity contribution is 9.10. The van der Waals surface area contributed by atoms with Gasteiger partial charge in [-0.2, -0.15) is 5.10 Å². The molecule has 1 aliphatic rings. The van der Waals surface area contributed by atoms with Gasteiger partial charge >= 0.3 is 0 Å². The zero-order valence-electron chi connectivity index (χ0n) is 10.3. The summed E-state index contributed by atoms with van der Waals surface area (Å²) in [6.45, 7) is 5.60. The van der Waals surface area contributed by atoms with E-state index in [0.29, 0.717) is 12.0 Å². The van der Waals surface area contributed by atoms with Gasteiger partial charge < -0.3 is 5.32 Å². The van der Waals surface area contributed by atoms with Crippen molar-refractivity contribution in [3.05, 3.63) is 15.9 Å². The normalized spacial score (nSPS) is 20.9. The van der Waals surface area contributed by atoms with Gasteiger partial charge in [0.15, 0.2) is 0 Å². The molecule has 0 radical (unpaired) electrons.